The molecule has 1 fully saturated rings. The number of aromatic nitrogens is 1. The van der Waals surface area contributed by atoms with Gasteiger partial charge in [-0.2, -0.15) is 0 Å². The minimum atomic E-state index is 0.337. The van der Waals surface area contributed by atoms with E-state index >= 15 is 0 Å². The smallest absolute Gasteiger partial charge is 0.231 e. The molecule has 0 saturated heterocycles. The molecule has 116 valence electrons. The summed E-state index contributed by atoms with van der Waals surface area (Å²) in [4.78, 5) is 7.03. The number of hydrogen-bond donors (Lipinski definition) is 0. The van der Waals surface area contributed by atoms with Crippen LogP contribution in [0.4, 0.5) is 0 Å². The largest absolute Gasteiger partial charge is 0.454 e. The van der Waals surface area contributed by atoms with Gasteiger partial charge in [0.15, 0.2) is 11.5 Å². The topological polar surface area (TPSA) is 34.6 Å². The highest BCUT2D eigenvalue weighted by molar-refractivity contribution is 7.07. The van der Waals surface area contributed by atoms with Crippen molar-refractivity contribution in [3.05, 3.63) is 40.3 Å². The number of ether oxygens (including phenoxy) is 2. The highest BCUT2D eigenvalue weighted by Crippen LogP contribution is 2.34. The van der Waals surface area contributed by atoms with Gasteiger partial charge in [-0.1, -0.05) is 18.9 Å². The van der Waals surface area contributed by atoms with Crippen molar-refractivity contribution in [1.29, 1.82) is 0 Å². The molecule has 0 spiro atoms. The molecule has 0 bridgehead atoms. The maximum absolute atomic E-state index is 5.50. The minimum absolute atomic E-state index is 0.337. The van der Waals surface area contributed by atoms with Crippen molar-refractivity contribution in [2.75, 3.05) is 6.79 Å². The van der Waals surface area contributed by atoms with Gasteiger partial charge in [0.25, 0.3) is 0 Å². The number of hydrogen-bond acceptors (Lipinski definition) is 5. The molecule has 2 aliphatic rings. The predicted molar refractivity (Wildman–Crippen MR) is 86.2 cm³/mol. The SMILES string of the molecule is c1nc(CN(Cc2ccc3c(c2)OCO3)C2CCCC2)cs1. The van der Waals surface area contributed by atoms with E-state index in [-0.39, 0.29) is 0 Å². The third-order valence-corrected chi connectivity index (χ3v) is 5.15. The van der Waals surface area contributed by atoms with Gasteiger partial charge in [0.2, 0.25) is 6.79 Å². The molecule has 4 rings (SSSR count). The number of fused-ring (bicyclic) bond motifs is 1. The Kier molecular flexibility index (Phi) is 3.99. The van der Waals surface area contributed by atoms with Crippen molar-refractivity contribution in [3.63, 3.8) is 0 Å². The molecule has 0 amide bonds. The van der Waals surface area contributed by atoms with Gasteiger partial charge in [0.1, 0.15) is 0 Å². The molecule has 5 heteroatoms. The maximum Gasteiger partial charge on any atom is 0.231 e. The highest BCUT2D eigenvalue weighted by Gasteiger charge is 2.24. The lowest BCUT2D eigenvalue weighted by Gasteiger charge is -2.28. The molecule has 0 N–H and O–H groups in total. The fourth-order valence-corrected chi connectivity index (χ4v) is 3.93. The first kappa shape index (κ1) is 14.0. The minimum Gasteiger partial charge on any atom is -0.454 e. The zero-order valence-corrected chi connectivity index (χ0v) is 13.3. The van der Waals surface area contributed by atoms with Crippen LogP contribution in [0.5, 0.6) is 11.5 Å². The Morgan fingerprint density at radius 1 is 1.14 bits per heavy atom. The van der Waals surface area contributed by atoms with E-state index in [1.165, 1.54) is 36.9 Å². The average Bonchev–Trinajstić information content (AvgIpc) is 3.28. The Hall–Kier alpha value is -1.59. The van der Waals surface area contributed by atoms with Crippen LogP contribution in [0.15, 0.2) is 29.1 Å². The Labute approximate surface area is 134 Å². The lowest BCUT2D eigenvalue weighted by atomic mass is 10.1. The van der Waals surface area contributed by atoms with Gasteiger partial charge in [0.05, 0.1) is 11.2 Å². The van der Waals surface area contributed by atoms with Gasteiger partial charge >= 0.3 is 0 Å². The first-order valence-corrected chi connectivity index (χ1v) is 8.82. The zero-order valence-electron chi connectivity index (χ0n) is 12.5. The average molecular weight is 316 g/mol. The van der Waals surface area contributed by atoms with E-state index in [4.69, 9.17) is 9.47 Å². The van der Waals surface area contributed by atoms with E-state index in [1.54, 1.807) is 11.3 Å². The second-order valence-corrected chi connectivity index (χ2v) is 6.73. The summed E-state index contributed by atoms with van der Waals surface area (Å²) in [5, 5.41) is 2.15. The normalized spacial score (nSPS) is 17.5. The Bertz CT molecular complexity index is 624. The summed E-state index contributed by atoms with van der Waals surface area (Å²) in [6.07, 6.45) is 5.29. The van der Waals surface area contributed by atoms with Crippen molar-refractivity contribution >= 4 is 11.3 Å². The quantitative estimate of drug-likeness (QED) is 0.840. The van der Waals surface area contributed by atoms with Crippen molar-refractivity contribution < 1.29 is 9.47 Å². The molecule has 1 aromatic heterocycles. The summed E-state index contributed by atoms with van der Waals surface area (Å²) in [6.45, 7) is 2.21. The summed E-state index contributed by atoms with van der Waals surface area (Å²) in [5.74, 6) is 1.73. The molecule has 0 atom stereocenters. The van der Waals surface area contributed by atoms with E-state index in [0.717, 1.165) is 24.6 Å². The Morgan fingerprint density at radius 2 is 2.00 bits per heavy atom. The van der Waals surface area contributed by atoms with Crippen molar-refractivity contribution in [2.24, 2.45) is 0 Å². The van der Waals surface area contributed by atoms with Crippen LogP contribution in [0.3, 0.4) is 0 Å². The second-order valence-electron chi connectivity index (χ2n) is 6.01. The van der Waals surface area contributed by atoms with Crippen LogP contribution < -0.4 is 9.47 Å². The fourth-order valence-electron chi connectivity index (χ4n) is 3.38. The number of benzene rings is 1. The lowest BCUT2D eigenvalue weighted by molar-refractivity contribution is 0.173. The summed E-state index contributed by atoms with van der Waals surface area (Å²) in [6, 6.07) is 6.96. The molecule has 22 heavy (non-hydrogen) atoms. The van der Waals surface area contributed by atoms with Gasteiger partial charge < -0.3 is 9.47 Å². The van der Waals surface area contributed by atoms with Gasteiger partial charge in [0, 0.05) is 24.5 Å². The zero-order chi connectivity index (χ0) is 14.8. The summed E-state index contributed by atoms with van der Waals surface area (Å²) >= 11 is 1.67. The van der Waals surface area contributed by atoms with E-state index in [1.807, 2.05) is 11.6 Å². The van der Waals surface area contributed by atoms with Crippen LogP contribution in [0.1, 0.15) is 36.9 Å². The van der Waals surface area contributed by atoms with Crippen LogP contribution in [0.2, 0.25) is 0 Å². The van der Waals surface area contributed by atoms with E-state index in [2.05, 4.69) is 27.4 Å². The monoisotopic (exact) mass is 316 g/mol. The van der Waals surface area contributed by atoms with Crippen molar-refractivity contribution in [2.45, 2.75) is 44.8 Å². The van der Waals surface area contributed by atoms with Crippen LogP contribution in [-0.4, -0.2) is 22.7 Å². The first-order valence-electron chi connectivity index (χ1n) is 7.88. The molecule has 2 aromatic rings. The second kappa shape index (κ2) is 6.26. The van der Waals surface area contributed by atoms with Crippen LogP contribution >= 0.6 is 11.3 Å². The van der Waals surface area contributed by atoms with Gasteiger partial charge in [-0.25, -0.2) is 4.98 Å². The van der Waals surface area contributed by atoms with E-state index in [9.17, 15) is 0 Å². The molecule has 1 aliphatic heterocycles. The van der Waals surface area contributed by atoms with Gasteiger partial charge in [-0.3, -0.25) is 4.90 Å². The fraction of sp³-hybridized carbons (Fsp3) is 0.471. The van der Waals surface area contributed by atoms with Gasteiger partial charge in [-0.05, 0) is 30.5 Å². The number of rotatable bonds is 5. The van der Waals surface area contributed by atoms with Crippen molar-refractivity contribution in [1.82, 2.24) is 9.88 Å². The van der Waals surface area contributed by atoms with Crippen LogP contribution in [-0.2, 0) is 13.1 Å². The maximum atomic E-state index is 5.50. The van der Waals surface area contributed by atoms with Crippen molar-refractivity contribution in [3.8, 4) is 11.5 Å². The molecular formula is C17H20N2O2S. The molecule has 1 aliphatic carbocycles. The lowest BCUT2D eigenvalue weighted by Crippen LogP contribution is -2.32. The Balaban J connectivity index is 1.52. The number of thiazole rings is 1. The third-order valence-electron chi connectivity index (χ3n) is 4.51. The summed E-state index contributed by atoms with van der Waals surface area (Å²) in [5.41, 5.74) is 4.38. The standard InChI is InChI=1S/C17H20N2O2S/c1-2-4-15(3-1)19(9-14-10-22-11-18-14)8-13-5-6-16-17(7-13)21-12-20-16/h5-7,10-11,15H,1-4,8-9,12H2. The summed E-state index contributed by atoms with van der Waals surface area (Å²) in [7, 11) is 0. The highest BCUT2D eigenvalue weighted by atomic mass is 32.1. The molecule has 0 unspecified atom stereocenters. The molecule has 4 nitrogen and oxygen atoms in total. The molecule has 1 saturated carbocycles. The molecule has 2 heterocycles. The molecule has 1 aromatic carbocycles. The molecular weight excluding hydrogens is 296 g/mol. The Morgan fingerprint density at radius 3 is 2.82 bits per heavy atom. The van der Waals surface area contributed by atoms with E-state index < -0.39 is 0 Å². The molecule has 0 radical (unpaired) electrons. The first-order chi connectivity index (χ1) is 10.9. The van der Waals surface area contributed by atoms with Crippen LogP contribution in [0, 0.1) is 0 Å². The number of nitrogens with zero attached hydrogens (tertiary/aromatic N) is 2. The predicted octanol–water partition coefficient (Wildman–Crippen LogP) is 3.82. The third kappa shape index (κ3) is 2.96. The van der Waals surface area contributed by atoms with E-state index in [0.29, 0.717) is 12.8 Å². The summed E-state index contributed by atoms with van der Waals surface area (Å²) < 4.78 is 10.9. The van der Waals surface area contributed by atoms with Crippen LogP contribution in [0.25, 0.3) is 0 Å². The van der Waals surface area contributed by atoms with Gasteiger partial charge in [-0.15, -0.1) is 11.3 Å².